The summed E-state index contributed by atoms with van der Waals surface area (Å²) >= 11 is 0. The van der Waals surface area contributed by atoms with E-state index in [-0.39, 0.29) is 28.8 Å². The molecule has 0 amide bonds. The molecule has 1 atom stereocenters. The number of aliphatic imine (C=N–C) groups is 1. The highest BCUT2D eigenvalue weighted by Gasteiger charge is 2.36. The van der Waals surface area contributed by atoms with Gasteiger partial charge in [-0.2, -0.15) is 18.2 Å². The second-order valence-electron chi connectivity index (χ2n) is 6.16. The van der Waals surface area contributed by atoms with Gasteiger partial charge < -0.3 is 21.1 Å². The molecule has 0 saturated heterocycles. The first-order chi connectivity index (χ1) is 12.7. The summed E-state index contributed by atoms with van der Waals surface area (Å²) in [4.78, 5) is 10.0. The third-order valence-corrected chi connectivity index (χ3v) is 4.27. The van der Waals surface area contributed by atoms with Crippen LogP contribution in [0.3, 0.4) is 0 Å². The molecule has 4 N–H and O–H groups in total. The highest BCUT2D eigenvalue weighted by Crippen LogP contribution is 2.43. The quantitative estimate of drug-likeness (QED) is 0.850. The first-order valence-electron chi connectivity index (χ1n) is 8.41. The number of nitrogens with two attached hydrogens (primary N) is 2. The molecule has 0 saturated carbocycles. The number of aromatic nitrogens is 1. The average Bonchev–Trinajstić information content (AvgIpc) is 2.63. The standard InChI is InChI=1S/C18H20F3N5O/c1-3-9-27-13-6-4-5-11(18(19,20)21)14(13)12-8-7-10-15(22)26(2)17(23)25-16(10)24-12/h4-8,15H,3,9,22H2,1-2H3,(H2,23,24,25). The van der Waals surface area contributed by atoms with Gasteiger partial charge in [0.1, 0.15) is 11.9 Å². The Labute approximate surface area is 154 Å². The van der Waals surface area contributed by atoms with E-state index in [0.717, 1.165) is 6.07 Å². The lowest BCUT2D eigenvalue weighted by Crippen LogP contribution is -2.43. The number of halogens is 3. The fraction of sp³-hybridized carbons (Fsp3) is 0.333. The molecule has 2 heterocycles. The van der Waals surface area contributed by atoms with Crippen LogP contribution in [0.25, 0.3) is 11.3 Å². The third-order valence-electron chi connectivity index (χ3n) is 4.27. The van der Waals surface area contributed by atoms with E-state index < -0.39 is 17.9 Å². The topological polar surface area (TPSA) is 89.8 Å². The Kier molecular flexibility index (Phi) is 4.97. The van der Waals surface area contributed by atoms with E-state index in [0.29, 0.717) is 18.6 Å². The summed E-state index contributed by atoms with van der Waals surface area (Å²) in [5, 5.41) is 0. The molecule has 1 aliphatic rings. The molecule has 2 aromatic rings. The highest BCUT2D eigenvalue weighted by atomic mass is 19.4. The van der Waals surface area contributed by atoms with Crippen molar-refractivity contribution in [1.29, 1.82) is 0 Å². The predicted octanol–water partition coefficient (Wildman–Crippen LogP) is 3.41. The monoisotopic (exact) mass is 379 g/mol. The normalized spacial score (nSPS) is 16.7. The van der Waals surface area contributed by atoms with E-state index >= 15 is 0 Å². The largest absolute Gasteiger partial charge is 0.493 e. The van der Waals surface area contributed by atoms with Gasteiger partial charge in [-0.15, -0.1) is 0 Å². The van der Waals surface area contributed by atoms with Gasteiger partial charge in [-0.05, 0) is 30.7 Å². The van der Waals surface area contributed by atoms with Crippen LogP contribution < -0.4 is 16.2 Å². The molecule has 0 bridgehead atoms. The van der Waals surface area contributed by atoms with E-state index in [1.54, 1.807) is 18.0 Å². The Morgan fingerprint density at radius 3 is 2.63 bits per heavy atom. The highest BCUT2D eigenvalue weighted by molar-refractivity contribution is 5.84. The number of ether oxygens (including phenoxy) is 1. The number of nitrogens with zero attached hydrogens (tertiary/aromatic N) is 3. The van der Waals surface area contributed by atoms with Gasteiger partial charge in [0.25, 0.3) is 0 Å². The lowest BCUT2D eigenvalue weighted by molar-refractivity contribution is -0.137. The van der Waals surface area contributed by atoms with Gasteiger partial charge in [0, 0.05) is 12.6 Å². The van der Waals surface area contributed by atoms with Crippen LogP contribution in [-0.4, -0.2) is 29.5 Å². The summed E-state index contributed by atoms with van der Waals surface area (Å²) in [7, 11) is 1.68. The lowest BCUT2D eigenvalue weighted by Gasteiger charge is -2.30. The molecule has 144 valence electrons. The molecule has 0 aliphatic carbocycles. The van der Waals surface area contributed by atoms with Crippen LogP contribution in [0.15, 0.2) is 35.3 Å². The van der Waals surface area contributed by atoms with Crippen LogP contribution in [-0.2, 0) is 6.18 Å². The van der Waals surface area contributed by atoms with E-state index in [9.17, 15) is 13.2 Å². The van der Waals surface area contributed by atoms with Crippen LogP contribution in [0.4, 0.5) is 19.0 Å². The Bertz CT molecular complexity index is 882. The zero-order chi connectivity index (χ0) is 19.8. The van der Waals surface area contributed by atoms with Gasteiger partial charge in [0.2, 0.25) is 0 Å². The maximum atomic E-state index is 13.6. The minimum absolute atomic E-state index is 0.0982. The molecule has 0 radical (unpaired) electrons. The molecule has 1 aromatic heterocycles. The van der Waals surface area contributed by atoms with Crippen molar-refractivity contribution in [3.8, 4) is 17.0 Å². The smallest absolute Gasteiger partial charge is 0.417 e. The van der Waals surface area contributed by atoms with Gasteiger partial charge in [-0.1, -0.05) is 13.0 Å². The van der Waals surface area contributed by atoms with Gasteiger partial charge in [-0.3, -0.25) is 0 Å². The van der Waals surface area contributed by atoms with Crippen LogP contribution in [0.1, 0.15) is 30.6 Å². The molecule has 1 aliphatic heterocycles. The summed E-state index contributed by atoms with van der Waals surface area (Å²) < 4.78 is 46.3. The van der Waals surface area contributed by atoms with Gasteiger partial charge >= 0.3 is 6.18 Å². The summed E-state index contributed by atoms with van der Waals surface area (Å²) in [6, 6.07) is 6.93. The molecular formula is C18H20F3N5O. The molecule has 27 heavy (non-hydrogen) atoms. The fourth-order valence-electron chi connectivity index (χ4n) is 2.82. The van der Waals surface area contributed by atoms with E-state index in [4.69, 9.17) is 16.2 Å². The number of alkyl halides is 3. The van der Waals surface area contributed by atoms with Crippen molar-refractivity contribution >= 4 is 11.8 Å². The Balaban J connectivity index is 2.19. The molecule has 9 heteroatoms. The SMILES string of the molecule is CCCOc1cccc(C(F)(F)F)c1-c1ccc2c(n1)N=C(N)N(C)C2N. The number of fused-ring (bicyclic) bond motifs is 1. The molecule has 1 unspecified atom stereocenters. The van der Waals surface area contributed by atoms with E-state index in [2.05, 4.69) is 9.98 Å². The zero-order valence-corrected chi connectivity index (χ0v) is 14.9. The number of guanidine groups is 1. The summed E-state index contributed by atoms with van der Waals surface area (Å²) in [5.41, 5.74) is 11.6. The summed E-state index contributed by atoms with van der Waals surface area (Å²) in [6.07, 6.45) is -4.47. The summed E-state index contributed by atoms with van der Waals surface area (Å²) in [5.74, 6) is 0.466. The molecular weight excluding hydrogens is 359 g/mol. The van der Waals surface area contributed by atoms with E-state index in [1.165, 1.54) is 18.2 Å². The number of hydrogen-bond acceptors (Lipinski definition) is 6. The second kappa shape index (κ2) is 7.07. The van der Waals surface area contributed by atoms with Crippen molar-refractivity contribution in [1.82, 2.24) is 9.88 Å². The molecule has 6 nitrogen and oxygen atoms in total. The number of hydrogen-bond donors (Lipinski definition) is 2. The van der Waals surface area contributed by atoms with Crippen LogP contribution in [0.5, 0.6) is 5.75 Å². The zero-order valence-electron chi connectivity index (χ0n) is 14.9. The third kappa shape index (κ3) is 3.55. The van der Waals surface area contributed by atoms with Crippen LogP contribution >= 0.6 is 0 Å². The number of rotatable bonds is 4. The first kappa shape index (κ1) is 19.0. The number of pyridine rings is 1. The van der Waals surface area contributed by atoms with Crippen molar-refractivity contribution in [2.45, 2.75) is 25.7 Å². The minimum Gasteiger partial charge on any atom is -0.493 e. The van der Waals surface area contributed by atoms with Crippen LogP contribution in [0, 0.1) is 0 Å². The number of benzene rings is 1. The van der Waals surface area contributed by atoms with Crippen molar-refractivity contribution in [3.63, 3.8) is 0 Å². The van der Waals surface area contributed by atoms with Crippen molar-refractivity contribution < 1.29 is 17.9 Å². The van der Waals surface area contributed by atoms with Crippen molar-refractivity contribution in [3.05, 3.63) is 41.5 Å². The maximum Gasteiger partial charge on any atom is 0.417 e. The molecule has 3 rings (SSSR count). The average molecular weight is 379 g/mol. The van der Waals surface area contributed by atoms with Crippen molar-refractivity contribution in [2.75, 3.05) is 13.7 Å². The van der Waals surface area contributed by atoms with Gasteiger partial charge in [0.15, 0.2) is 11.8 Å². The van der Waals surface area contributed by atoms with Gasteiger partial charge in [0.05, 0.1) is 23.4 Å². The Morgan fingerprint density at radius 2 is 1.96 bits per heavy atom. The lowest BCUT2D eigenvalue weighted by atomic mass is 10.0. The van der Waals surface area contributed by atoms with Gasteiger partial charge in [-0.25, -0.2) is 4.98 Å². The fourth-order valence-corrected chi connectivity index (χ4v) is 2.82. The summed E-state index contributed by atoms with van der Waals surface area (Å²) in [6.45, 7) is 2.17. The minimum atomic E-state index is -4.56. The maximum absolute atomic E-state index is 13.6. The first-order valence-corrected chi connectivity index (χ1v) is 8.41. The van der Waals surface area contributed by atoms with Crippen LogP contribution in [0.2, 0.25) is 0 Å². The Morgan fingerprint density at radius 1 is 1.22 bits per heavy atom. The Hall–Kier alpha value is -2.81. The van der Waals surface area contributed by atoms with Crippen molar-refractivity contribution in [2.24, 2.45) is 16.5 Å². The second-order valence-corrected chi connectivity index (χ2v) is 6.16. The van der Waals surface area contributed by atoms with E-state index in [1.807, 2.05) is 6.92 Å². The predicted molar refractivity (Wildman–Crippen MR) is 96.4 cm³/mol. The molecule has 0 spiro atoms. The molecule has 0 fully saturated rings. The molecule has 1 aromatic carbocycles.